The third kappa shape index (κ3) is 4.53. The van der Waals surface area contributed by atoms with E-state index in [1.807, 2.05) is 82.3 Å². The highest BCUT2D eigenvalue weighted by atomic mass is 16.2. The molecule has 1 N–H and O–H groups in total. The topological polar surface area (TPSA) is 69.7 Å². The maximum atomic E-state index is 13.7. The first-order valence-electron chi connectivity index (χ1n) is 11.8. The Bertz CT molecular complexity index is 1230. The van der Waals surface area contributed by atoms with Gasteiger partial charge in [-0.25, -0.2) is 0 Å². The first-order valence-corrected chi connectivity index (χ1v) is 11.8. The second kappa shape index (κ2) is 9.67. The largest absolute Gasteiger partial charge is 0.352 e. The number of benzene rings is 3. The Labute approximate surface area is 200 Å². The van der Waals surface area contributed by atoms with E-state index in [1.54, 1.807) is 11.0 Å². The monoisotopic (exact) mass is 457 g/mol. The van der Waals surface area contributed by atoms with Crippen molar-refractivity contribution in [3.8, 4) is 0 Å². The normalized spacial score (nSPS) is 13.4. The van der Waals surface area contributed by atoms with E-state index in [9.17, 15) is 14.4 Å². The lowest BCUT2D eigenvalue weighted by atomic mass is 10.1. The molecule has 0 saturated heterocycles. The molecule has 1 aliphatic rings. The fraction of sp³-hybridized carbons (Fsp3) is 0.321. The van der Waals surface area contributed by atoms with Crippen molar-refractivity contribution in [2.24, 2.45) is 0 Å². The zero-order valence-electron chi connectivity index (χ0n) is 20.2. The number of hydrogen-bond donors (Lipinski definition) is 1. The van der Waals surface area contributed by atoms with Crippen LogP contribution in [0.15, 0.2) is 60.7 Å². The molecular formula is C28H31N3O3. The number of nitrogens with one attached hydrogen (secondary N) is 1. The highest BCUT2D eigenvalue weighted by Crippen LogP contribution is 2.37. The van der Waals surface area contributed by atoms with Crippen LogP contribution in [0.1, 0.15) is 48.7 Å². The zero-order valence-corrected chi connectivity index (χ0v) is 20.2. The molecule has 6 heteroatoms. The van der Waals surface area contributed by atoms with Crippen LogP contribution in [0.25, 0.3) is 10.8 Å². The van der Waals surface area contributed by atoms with Gasteiger partial charge in [0.15, 0.2) is 0 Å². The Morgan fingerprint density at radius 1 is 1.00 bits per heavy atom. The van der Waals surface area contributed by atoms with Crippen molar-refractivity contribution in [1.82, 2.24) is 10.2 Å². The number of aryl methyl sites for hydroxylation is 1. The molecule has 1 aliphatic heterocycles. The van der Waals surface area contributed by atoms with Crippen molar-refractivity contribution in [2.45, 2.75) is 52.7 Å². The highest BCUT2D eigenvalue weighted by Gasteiger charge is 2.35. The van der Waals surface area contributed by atoms with Crippen molar-refractivity contribution in [3.63, 3.8) is 0 Å². The van der Waals surface area contributed by atoms with E-state index in [0.717, 1.165) is 27.6 Å². The van der Waals surface area contributed by atoms with Gasteiger partial charge in [-0.05, 0) is 50.3 Å². The molecule has 0 saturated carbocycles. The molecule has 0 unspecified atom stereocenters. The van der Waals surface area contributed by atoms with E-state index in [-0.39, 0.29) is 30.3 Å². The van der Waals surface area contributed by atoms with E-state index in [1.165, 1.54) is 4.90 Å². The van der Waals surface area contributed by atoms with Gasteiger partial charge in [-0.3, -0.25) is 19.3 Å². The summed E-state index contributed by atoms with van der Waals surface area (Å²) < 4.78 is 0. The average molecular weight is 458 g/mol. The summed E-state index contributed by atoms with van der Waals surface area (Å²) in [6.07, 6.45) is 0.472. The third-order valence-electron chi connectivity index (χ3n) is 6.23. The van der Waals surface area contributed by atoms with Crippen LogP contribution in [0.3, 0.4) is 0 Å². The maximum absolute atomic E-state index is 13.7. The standard InChI is InChI=1S/C28H31N3O3/c1-5-23(27(33)29-18(2)3)30(16-20-14-12-19(4)13-15-20)25(32)17-31-24-11-7-9-21-8-6-10-22(26(21)24)28(31)34/h6-15,18,23H,5,16-17H2,1-4H3,(H,29,33)/t23-/m0/s1. The smallest absolute Gasteiger partial charge is 0.259 e. The second-order valence-corrected chi connectivity index (χ2v) is 9.17. The van der Waals surface area contributed by atoms with E-state index in [2.05, 4.69) is 5.32 Å². The minimum absolute atomic E-state index is 0.0369. The van der Waals surface area contributed by atoms with Crippen molar-refractivity contribution in [1.29, 1.82) is 0 Å². The number of hydrogen-bond acceptors (Lipinski definition) is 3. The van der Waals surface area contributed by atoms with E-state index in [0.29, 0.717) is 18.5 Å². The number of amides is 3. The van der Waals surface area contributed by atoms with E-state index < -0.39 is 6.04 Å². The predicted octanol–water partition coefficient (Wildman–Crippen LogP) is 4.44. The van der Waals surface area contributed by atoms with E-state index in [4.69, 9.17) is 0 Å². The quantitative estimate of drug-likeness (QED) is 0.544. The van der Waals surface area contributed by atoms with Crippen molar-refractivity contribution in [2.75, 3.05) is 11.4 Å². The average Bonchev–Trinajstić information content (AvgIpc) is 3.07. The van der Waals surface area contributed by atoms with Crippen LogP contribution in [-0.2, 0) is 16.1 Å². The molecule has 1 heterocycles. The highest BCUT2D eigenvalue weighted by molar-refractivity contribution is 6.26. The molecule has 0 radical (unpaired) electrons. The van der Waals surface area contributed by atoms with Crippen LogP contribution >= 0.6 is 0 Å². The van der Waals surface area contributed by atoms with Crippen LogP contribution in [0.5, 0.6) is 0 Å². The predicted molar refractivity (Wildman–Crippen MR) is 135 cm³/mol. The summed E-state index contributed by atoms with van der Waals surface area (Å²) in [5.74, 6) is -0.629. The summed E-state index contributed by atoms with van der Waals surface area (Å²) in [5.41, 5.74) is 3.41. The molecule has 3 aromatic carbocycles. The summed E-state index contributed by atoms with van der Waals surface area (Å²) in [6.45, 7) is 7.88. The van der Waals surface area contributed by atoms with Crippen LogP contribution in [-0.4, -0.2) is 41.2 Å². The fourth-order valence-electron chi connectivity index (χ4n) is 4.55. The third-order valence-corrected chi connectivity index (χ3v) is 6.23. The van der Waals surface area contributed by atoms with Gasteiger partial charge < -0.3 is 10.2 Å². The van der Waals surface area contributed by atoms with Gasteiger partial charge in [0.05, 0.1) is 5.69 Å². The molecule has 0 aromatic heterocycles. The minimum Gasteiger partial charge on any atom is -0.352 e. The molecule has 34 heavy (non-hydrogen) atoms. The van der Waals surface area contributed by atoms with Crippen molar-refractivity contribution in [3.05, 3.63) is 77.4 Å². The molecular weight excluding hydrogens is 426 g/mol. The first-order chi connectivity index (χ1) is 16.3. The molecule has 4 rings (SSSR count). The minimum atomic E-state index is -0.632. The van der Waals surface area contributed by atoms with Gasteiger partial charge in [0.25, 0.3) is 5.91 Å². The van der Waals surface area contributed by atoms with Crippen LogP contribution in [0.4, 0.5) is 5.69 Å². The van der Waals surface area contributed by atoms with Gasteiger partial charge in [0.1, 0.15) is 12.6 Å². The molecule has 0 spiro atoms. The Hall–Kier alpha value is -3.67. The van der Waals surface area contributed by atoms with Gasteiger partial charge in [0, 0.05) is 23.5 Å². The summed E-state index contributed by atoms with van der Waals surface area (Å²) in [4.78, 5) is 43.1. The molecule has 176 valence electrons. The Balaban J connectivity index is 1.65. The molecule has 1 atom stereocenters. The molecule has 0 bridgehead atoms. The van der Waals surface area contributed by atoms with Gasteiger partial charge in [-0.2, -0.15) is 0 Å². The van der Waals surface area contributed by atoms with Crippen LogP contribution < -0.4 is 10.2 Å². The zero-order chi connectivity index (χ0) is 24.4. The Kier molecular flexibility index (Phi) is 6.68. The lowest BCUT2D eigenvalue weighted by molar-refractivity contribution is -0.140. The number of nitrogens with zero attached hydrogens (tertiary/aromatic N) is 2. The van der Waals surface area contributed by atoms with Gasteiger partial charge in [-0.15, -0.1) is 0 Å². The van der Waals surface area contributed by atoms with Crippen LogP contribution in [0.2, 0.25) is 0 Å². The van der Waals surface area contributed by atoms with Gasteiger partial charge in [0.2, 0.25) is 11.8 Å². The Morgan fingerprint density at radius 3 is 2.32 bits per heavy atom. The van der Waals surface area contributed by atoms with E-state index >= 15 is 0 Å². The number of anilines is 1. The molecule has 0 aliphatic carbocycles. The Morgan fingerprint density at radius 2 is 1.68 bits per heavy atom. The molecule has 0 fully saturated rings. The molecule has 3 aromatic rings. The van der Waals surface area contributed by atoms with Crippen molar-refractivity contribution >= 4 is 34.2 Å². The summed E-state index contributed by atoms with van der Waals surface area (Å²) in [6, 6.07) is 18.6. The molecule has 6 nitrogen and oxygen atoms in total. The van der Waals surface area contributed by atoms with Crippen LogP contribution in [0, 0.1) is 6.92 Å². The van der Waals surface area contributed by atoms with Gasteiger partial charge in [-0.1, -0.05) is 61.0 Å². The summed E-state index contributed by atoms with van der Waals surface area (Å²) >= 11 is 0. The second-order valence-electron chi connectivity index (χ2n) is 9.17. The maximum Gasteiger partial charge on any atom is 0.259 e. The first kappa shape index (κ1) is 23.5. The summed E-state index contributed by atoms with van der Waals surface area (Å²) in [5, 5.41) is 4.79. The number of carbonyl (C=O) groups excluding carboxylic acids is 3. The summed E-state index contributed by atoms with van der Waals surface area (Å²) in [7, 11) is 0. The lowest BCUT2D eigenvalue weighted by Crippen LogP contribution is -2.53. The number of rotatable bonds is 8. The SMILES string of the molecule is CC[C@@H](C(=O)NC(C)C)N(Cc1ccc(C)cc1)C(=O)CN1C(=O)c2cccc3cccc1c23. The fourth-order valence-corrected chi connectivity index (χ4v) is 4.55. The van der Waals surface area contributed by atoms with Crippen molar-refractivity contribution < 1.29 is 14.4 Å². The lowest BCUT2D eigenvalue weighted by Gasteiger charge is -2.32. The van der Waals surface area contributed by atoms with Gasteiger partial charge >= 0.3 is 0 Å². The molecule has 3 amide bonds. The number of carbonyl (C=O) groups is 3.